The van der Waals surface area contributed by atoms with E-state index in [-0.39, 0.29) is 24.0 Å². The first-order chi connectivity index (χ1) is 11.5. The van der Waals surface area contributed by atoms with Gasteiger partial charge in [0.15, 0.2) is 0 Å². The molecule has 0 saturated heterocycles. The Hall–Kier alpha value is -0.900. The average Bonchev–Trinajstić information content (AvgIpc) is 2.92. The lowest BCUT2D eigenvalue weighted by Crippen LogP contribution is -2.40. The highest BCUT2D eigenvalue weighted by atomic mass is 16.3. The van der Waals surface area contributed by atoms with Gasteiger partial charge in [0.1, 0.15) is 0 Å². The van der Waals surface area contributed by atoms with Crippen LogP contribution in [0.2, 0.25) is 0 Å². The minimum absolute atomic E-state index is 0.105. The molecule has 5 atom stereocenters. The fraction of sp³-hybridized carbons (Fsp3) is 0.714. The van der Waals surface area contributed by atoms with Gasteiger partial charge in [-0.3, -0.25) is 0 Å². The van der Waals surface area contributed by atoms with E-state index in [1.54, 1.807) is 0 Å². The van der Waals surface area contributed by atoms with Crippen molar-refractivity contribution in [2.24, 2.45) is 17.3 Å². The van der Waals surface area contributed by atoms with Crippen molar-refractivity contribution < 1.29 is 15.3 Å². The molecule has 0 unspecified atom stereocenters. The molecule has 0 amide bonds. The van der Waals surface area contributed by atoms with Gasteiger partial charge < -0.3 is 15.3 Å². The number of aliphatic hydroxyl groups is 3. The summed E-state index contributed by atoms with van der Waals surface area (Å²) in [5, 5.41) is 29.5. The monoisotopic (exact) mass is 332 g/mol. The average molecular weight is 332 g/mol. The summed E-state index contributed by atoms with van der Waals surface area (Å²) in [7, 11) is 0. The molecule has 0 spiro atoms. The number of rotatable bonds is 3. The Labute approximate surface area is 145 Å². The van der Waals surface area contributed by atoms with Gasteiger partial charge in [0, 0.05) is 0 Å². The number of allylic oxidation sites excluding steroid dienone is 4. The topological polar surface area (TPSA) is 60.7 Å². The number of hydrogen-bond donors (Lipinski definition) is 3. The Morgan fingerprint density at radius 1 is 1.25 bits per heavy atom. The molecule has 0 aliphatic heterocycles. The van der Waals surface area contributed by atoms with E-state index >= 15 is 0 Å². The largest absolute Gasteiger partial charge is 0.394 e. The first kappa shape index (κ1) is 17.9. The van der Waals surface area contributed by atoms with Crippen molar-refractivity contribution in [2.45, 2.75) is 70.5 Å². The van der Waals surface area contributed by atoms with E-state index in [2.05, 4.69) is 25.7 Å². The maximum Gasteiger partial charge on any atom is 0.0804 e. The van der Waals surface area contributed by atoms with Crippen molar-refractivity contribution in [1.29, 1.82) is 0 Å². The Morgan fingerprint density at radius 2 is 2.04 bits per heavy atom. The molecule has 0 aromatic rings. The van der Waals surface area contributed by atoms with Crippen molar-refractivity contribution in [2.75, 3.05) is 6.61 Å². The molecule has 134 valence electrons. The van der Waals surface area contributed by atoms with Gasteiger partial charge in [0.05, 0.1) is 18.8 Å². The Kier molecular flexibility index (Phi) is 5.33. The quantitative estimate of drug-likeness (QED) is 0.741. The lowest BCUT2D eigenvalue weighted by atomic mass is 9.62. The second-order valence-electron chi connectivity index (χ2n) is 8.28. The van der Waals surface area contributed by atoms with Crippen LogP contribution in [0.5, 0.6) is 0 Å². The molecule has 0 heterocycles. The summed E-state index contributed by atoms with van der Waals surface area (Å²) in [6.07, 6.45) is 11.6. The van der Waals surface area contributed by atoms with Crippen LogP contribution in [-0.2, 0) is 0 Å². The van der Waals surface area contributed by atoms with Crippen LogP contribution < -0.4 is 0 Å². The van der Waals surface area contributed by atoms with E-state index in [9.17, 15) is 15.3 Å². The summed E-state index contributed by atoms with van der Waals surface area (Å²) in [5.41, 5.74) is 3.94. The van der Waals surface area contributed by atoms with Crippen molar-refractivity contribution in [3.63, 3.8) is 0 Å². The fourth-order valence-corrected chi connectivity index (χ4v) is 5.43. The van der Waals surface area contributed by atoms with Crippen LogP contribution in [0.15, 0.2) is 35.5 Å². The van der Waals surface area contributed by atoms with Crippen molar-refractivity contribution in [3.8, 4) is 0 Å². The van der Waals surface area contributed by atoms with Crippen molar-refractivity contribution in [1.82, 2.24) is 0 Å². The van der Waals surface area contributed by atoms with Crippen LogP contribution in [0.4, 0.5) is 0 Å². The minimum atomic E-state index is -0.592. The zero-order chi connectivity index (χ0) is 17.3. The van der Waals surface area contributed by atoms with Crippen LogP contribution in [0.3, 0.4) is 0 Å². The standard InChI is InChI=1S/C21H32O3/c1-14-5-8-17(23)12-16(14)7-6-15-4-3-11-21(2)18(15)9-10-19(21)20(24)13-22/h6-7,17-20,22-24H,1,3-5,8-13H2,2H3/b15-6+,16-7-/t17-,18+,19-,20+,21+/m1/s1. The molecule has 3 aliphatic rings. The van der Waals surface area contributed by atoms with E-state index in [0.717, 1.165) is 56.9 Å². The predicted molar refractivity (Wildman–Crippen MR) is 96.4 cm³/mol. The molecule has 3 aliphatic carbocycles. The van der Waals surface area contributed by atoms with E-state index in [0.29, 0.717) is 5.92 Å². The molecule has 3 fully saturated rings. The summed E-state index contributed by atoms with van der Waals surface area (Å²) < 4.78 is 0. The summed E-state index contributed by atoms with van der Waals surface area (Å²) in [6.45, 7) is 6.32. The molecule has 0 aromatic carbocycles. The van der Waals surface area contributed by atoms with E-state index in [1.165, 1.54) is 11.1 Å². The fourth-order valence-electron chi connectivity index (χ4n) is 5.43. The van der Waals surface area contributed by atoms with Gasteiger partial charge in [0.2, 0.25) is 0 Å². The Balaban J connectivity index is 1.81. The first-order valence-electron chi connectivity index (χ1n) is 9.50. The van der Waals surface area contributed by atoms with Crippen LogP contribution in [0, 0.1) is 17.3 Å². The van der Waals surface area contributed by atoms with Gasteiger partial charge in [-0.2, -0.15) is 0 Å². The molecule has 0 aromatic heterocycles. The van der Waals surface area contributed by atoms with Gasteiger partial charge in [-0.1, -0.05) is 36.8 Å². The molecule has 3 saturated carbocycles. The number of aliphatic hydroxyl groups excluding tert-OH is 3. The Morgan fingerprint density at radius 3 is 2.79 bits per heavy atom. The highest BCUT2D eigenvalue weighted by Gasteiger charge is 2.51. The molecular weight excluding hydrogens is 300 g/mol. The number of hydrogen-bond acceptors (Lipinski definition) is 3. The summed E-state index contributed by atoms with van der Waals surface area (Å²) in [5.74, 6) is 0.714. The summed E-state index contributed by atoms with van der Waals surface area (Å²) in [4.78, 5) is 0. The van der Waals surface area contributed by atoms with Crippen LogP contribution in [0.1, 0.15) is 58.3 Å². The van der Waals surface area contributed by atoms with Gasteiger partial charge in [-0.15, -0.1) is 0 Å². The third-order valence-electron chi connectivity index (χ3n) is 6.88. The molecule has 24 heavy (non-hydrogen) atoms. The zero-order valence-electron chi connectivity index (χ0n) is 14.9. The van der Waals surface area contributed by atoms with Gasteiger partial charge >= 0.3 is 0 Å². The second kappa shape index (κ2) is 7.15. The smallest absolute Gasteiger partial charge is 0.0804 e. The third-order valence-corrected chi connectivity index (χ3v) is 6.88. The molecule has 3 N–H and O–H groups in total. The molecule has 3 rings (SSSR count). The van der Waals surface area contributed by atoms with E-state index in [1.807, 2.05) is 0 Å². The minimum Gasteiger partial charge on any atom is -0.394 e. The second-order valence-corrected chi connectivity index (χ2v) is 8.28. The SMILES string of the molecule is C=C1CC[C@@H](O)C/C1=C/C=C1\CCC[C@]2(C)[C@@H]([C@@H](O)CO)CC[C@@H]12. The molecular formula is C21H32O3. The predicted octanol–water partition coefficient (Wildman–Crippen LogP) is 3.51. The lowest BCUT2D eigenvalue weighted by Gasteiger charge is -2.43. The zero-order valence-corrected chi connectivity index (χ0v) is 14.9. The normalized spacial score (nSPS) is 41.7. The van der Waals surface area contributed by atoms with Gasteiger partial charge in [-0.05, 0) is 74.2 Å². The number of fused-ring (bicyclic) bond motifs is 1. The molecule has 3 heteroatoms. The van der Waals surface area contributed by atoms with Crippen LogP contribution >= 0.6 is 0 Å². The highest BCUT2D eigenvalue weighted by molar-refractivity contribution is 5.36. The van der Waals surface area contributed by atoms with Gasteiger partial charge in [-0.25, -0.2) is 0 Å². The van der Waals surface area contributed by atoms with Crippen molar-refractivity contribution in [3.05, 3.63) is 35.5 Å². The maximum atomic E-state index is 10.2. The van der Waals surface area contributed by atoms with Gasteiger partial charge in [0.25, 0.3) is 0 Å². The third kappa shape index (κ3) is 3.26. The van der Waals surface area contributed by atoms with Crippen molar-refractivity contribution >= 4 is 0 Å². The lowest BCUT2D eigenvalue weighted by molar-refractivity contribution is -0.0125. The highest BCUT2D eigenvalue weighted by Crippen LogP contribution is 2.58. The molecule has 0 radical (unpaired) electrons. The summed E-state index contributed by atoms with van der Waals surface area (Å²) >= 11 is 0. The summed E-state index contributed by atoms with van der Waals surface area (Å²) in [6, 6.07) is 0. The van der Waals surface area contributed by atoms with E-state index in [4.69, 9.17) is 0 Å². The molecule has 3 nitrogen and oxygen atoms in total. The molecule has 0 bridgehead atoms. The maximum absolute atomic E-state index is 10.2. The Bertz CT molecular complexity index is 547. The van der Waals surface area contributed by atoms with E-state index < -0.39 is 6.10 Å². The van der Waals surface area contributed by atoms with Crippen LogP contribution in [0.25, 0.3) is 0 Å². The first-order valence-corrected chi connectivity index (χ1v) is 9.50. The van der Waals surface area contributed by atoms with Crippen LogP contribution in [-0.4, -0.2) is 34.1 Å².